The van der Waals surface area contributed by atoms with Crippen molar-refractivity contribution in [1.29, 1.82) is 0 Å². The fraction of sp³-hybridized carbons (Fsp3) is 0.133. The van der Waals surface area contributed by atoms with Gasteiger partial charge in [-0.2, -0.15) is 0 Å². The fourth-order valence-electron chi connectivity index (χ4n) is 1.67. The van der Waals surface area contributed by atoms with E-state index in [0.717, 1.165) is 0 Å². The van der Waals surface area contributed by atoms with Crippen LogP contribution in [0, 0.1) is 0 Å². The maximum absolute atomic E-state index is 12.3. The van der Waals surface area contributed by atoms with Crippen LogP contribution >= 0.6 is 0 Å². The van der Waals surface area contributed by atoms with Crippen LogP contribution in [0.15, 0.2) is 48.5 Å². The monoisotopic (exact) mass is 258 g/mol. The molecule has 0 saturated carbocycles. The Hall–Kier alpha value is -2.33. The minimum absolute atomic E-state index is 0.0832. The Bertz CT molecular complexity index is 561. The first-order valence-electron chi connectivity index (χ1n) is 5.77. The fourth-order valence-corrected chi connectivity index (χ4v) is 1.67. The predicted molar refractivity (Wildman–Crippen MR) is 70.5 cm³/mol. The molecule has 0 bridgehead atoms. The molecule has 0 spiro atoms. The highest BCUT2D eigenvalue weighted by atomic mass is 16.7. The SMILES string of the molecule is COCOc1ccccc1C(=O)c1ccc(O)cc1. The largest absolute Gasteiger partial charge is 0.508 e. The van der Waals surface area contributed by atoms with E-state index in [0.29, 0.717) is 16.9 Å². The first kappa shape index (κ1) is 13.1. The summed E-state index contributed by atoms with van der Waals surface area (Å²) in [6.45, 7) is 0.0832. The van der Waals surface area contributed by atoms with Gasteiger partial charge >= 0.3 is 0 Å². The van der Waals surface area contributed by atoms with Crippen LogP contribution in [0.5, 0.6) is 11.5 Å². The van der Waals surface area contributed by atoms with Gasteiger partial charge in [-0.25, -0.2) is 0 Å². The Morgan fingerprint density at radius 2 is 1.79 bits per heavy atom. The summed E-state index contributed by atoms with van der Waals surface area (Å²) in [5.74, 6) is 0.439. The minimum atomic E-state index is -0.160. The Balaban J connectivity index is 2.30. The van der Waals surface area contributed by atoms with E-state index < -0.39 is 0 Å². The van der Waals surface area contributed by atoms with E-state index in [1.807, 2.05) is 0 Å². The van der Waals surface area contributed by atoms with Gasteiger partial charge in [0.1, 0.15) is 11.5 Å². The zero-order chi connectivity index (χ0) is 13.7. The van der Waals surface area contributed by atoms with Gasteiger partial charge in [0.05, 0.1) is 5.56 Å². The van der Waals surface area contributed by atoms with Crippen LogP contribution < -0.4 is 4.74 Å². The lowest BCUT2D eigenvalue weighted by atomic mass is 10.0. The molecule has 0 heterocycles. The van der Waals surface area contributed by atoms with Gasteiger partial charge in [0.15, 0.2) is 12.6 Å². The number of benzene rings is 2. The maximum atomic E-state index is 12.3. The third kappa shape index (κ3) is 3.11. The third-order valence-corrected chi connectivity index (χ3v) is 2.59. The van der Waals surface area contributed by atoms with Crippen molar-refractivity contribution in [2.45, 2.75) is 0 Å². The molecule has 0 aliphatic rings. The van der Waals surface area contributed by atoms with Gasteiger partial charge in [-0.05, 0) is 36.4 Å². The number of para-hydroxylation sites is 1. The number of hydrogen-bond acceptors (Lipinski definition) is 4. The molecule has 2 rings (SSSR count). The topological polar surface area (TPSA) is 55.8 Å². The van der Waals surface area contributed by atoms with E-state index >= 15 is 0 Å². The molecule has 4 heteroatoms. The number of rotatable bonds is 5. The number of hydrogen-bond donors (Lipinski definition) is 1. The molecular weight excluding hydrogens is 244 g/mol. The molecule has 0 aromatic heterocycles. The van der Waals surface area contributed by atoms with Crippen LogP contribution in [0.25, 0.3) is 0 Å². The summed E-state index contributed by atoms with van der Waals surface area (Å²) in [5.41, 5.74) is 0.955. The molecule has 0 saturated heterocycles. The molecular formula is C15H14O4. The minimum Gasteiger partial charge on any atom is -0.508 e. The summed E-state index contributed by atoms with van der Waals surface area (Å²) in [6.07, 6.45) is 0. The van der Waals surface area contributed by atoms with Gasteiger partial charge in [-0.3, -0.25) is 4.79 Å². The van der Waals surface area contributed by atoms with Crippen molar-refractivity contribution in [2.75, 3.05) is 13.9 Å². The van der Waals surface area contributed by atoms with Crippen LogP contribution in [0.1, 0.15) is 15.9 Å². The highest BCUT2D eigenvalue weighted by molar-refractivity contribution is 6.10. The van der Waals surface area contributed by atoms with Crippen molar-refractivity contribution in [3.8, 4) is 11.5 Å². The predicted octanol–water partition coefficient (Wildman–Crippen LogP) is 2.61. The van der Waals surface area contributed by atoms with E-state index in [4.69, 9.17) is 9.47 Å². The van der Waals surface area contributed by atoms with Gasteiger partial charge in [-0.15, -0.1) is 0 Å². The van der Waals surface area contributed by atoms with E-state index in [-0.39, 0.29) is 18.3 Å². The number of ketones is 1. The molecule has 1 N–H and O–H groups in total. The van der Waals surface area contributed by atoms with E-state index in [2.05, 4.69) is 0 Å². The summed E-state index contributed by atoms with van der Waals surface area (Å²) in [5, 5.41) is 9.23. The van der Waals surface area contributed by atoms with Crippen LogP contribution in [0.4, 0.5) is 0 Å². The third-order valence-electron chi connectivity index (χ3n) is 2.59. The van der Waals surface area contributed by atoms with Gasteiger partial charge in [-0.1, -0.05) is 12.1 Å². The smallest absolute Gasteiger partial charge is 0.196 e. The summed E-state index contributed by atoms with van der Waals surface area (Å²) >= 11 is 0. The van der Waals surface area contributed by atoms with E-state index in [1.54, 1.807) is 36.4 Å². The average Bonchev–Trinajstić information content (AvgIpc) is 2.45. The van der Waals surface area contributed by atoms with E-state index in [9.17, 15) is 9.90 Å². The second kappa shape index (κ2) is 6.02. The Labute approximate surface area is 111 Å². The zero-order valence-electron chi connectivity index (χ0n) is 10.5. The van der Waals surface area contributed by atoms with Crippen LogP contribution in [0.3, 0.4) is 0 Å². The first-order chi connectivity index (χ1) is 9.22. The molecule has 0 amide bonds. The lowest BCUT2D eigenvalue weighted by Gasteiger charge is -2.09. The molecule has 2 aromatic carbocycles. The molecule has 4 nitrogen and oxygen atoms in total. The van der Waals surface area contributed by atoms with Gasteiger partial charge in [0.2, 0.25) is 0 Å². The van der Waals surface area contributed by atoms with Crippen molar-refractivity contribution >= 4 is 5.78 Å². The number of phenolic OH excluding ortho intramolecular Hbond substituents is 1. The van der Waals surface area contributed by atoms with Gasteiger partial charge in [0.25, 0.3) is 0 Å². The van der Waals surface area contributed by atoms with E-state index in [1.165, 1.54) is 19.2 Å². The van der Waals surface area contributed by atoms with Crippen molar-refractivity contribution in [1.82, 2.24) is 0 Å². The van der Waals surface area contributed by atoms with Crippen LogP contribution in [-0.4, -0.2) is 24.8 Å². The average molecular weight is 258 g/mol. The second-order valence-corrected chi connectivity index (χ2v) is 3.92. The number of methoxy groups -OCH3 is 1. The molecule has 0 unspecified atom stereocenters. The summed E-state index contributed by atoms with van der Waals surface area (Å²) in [4.78, 5) is 12.3. The summed E-state index contributed by atoms with van der Waals surface area (Å²) in [7, 11) is 1.52. The molecule has 0 aliphatic carbocycles. The summed E-state index contributed by atoms with van der Waals surface area (Å²) < 4.78 is 10.2. The molecule has 0 fully saturated rings. The molecule has 0 atom stereocenters. The van der Waals surface area contributed by atoms with Crippen LogP contribution in [-0.2, 0) is 4.74 Å². The molecule has 98 valence electrons. The van der Waals surface area contributed by atoms with Crippen molar-refractivity contribution < 1.29 is 19.4 Å². The number of aromatic hydroxyl groups is 1. The Morgan fingerprint density at radius 3 is 2.47 bits per heavy atom. The lowest BCUT2D eigenvalue weighted by molar-refractivity contribution is 0.0503. The van der Waals surface area contributed by atoms with Crippen LogP contribution in [0.2, 0.25) is 0 Å². The normalized spacial score (nSPS) is 10.2. The Kier molecular flexibility index (Phi) is 4.15. The summed E-state index contributed by atoms with van der Waals surface area (Å²) in [6, 6.07) is 13.1. The number of phenols is 1. The number of carbonyl (C=O) groups is 1. The van der Waals surface area contributed by atoms with Crippen molar-refractivity contribution in [3.63, 3.8) is 0 Å². The molecule has 19 heavy (non-hydrogen) atoms. The Morgan fingerprint density at radius 1 is 1.11 bits per heavy atom. The van der Waals surface area contributed by atoms with Gasteiger partial charge < -0.3 is 14.6 Å². The second-order valence-electron chi connectivity index (χ2n) is 3.92. The quantitative estimate of drug-likeness (QED) is 0.661. The highest BCUT2D eigenvalue weighted by Crippen LogP contribution is 2.22. The van der Waals surface area contributed by atoms with Gasteiger partial charge in [0, 0.05) is 12.7 Å². The standard InChI is InChI=1S/C15H14O4/c1-18-10-19-14-5-3-2-4-13(14)15(17)11-6-8-12(16)9-7-11/h2-9,16H,10H2,1H3. The number of carbonyl (C=O) groups excluding carboxylic acids is 1. The molecule has 0 aliphatic heterocycles. The zero-order valence-corrected chi connectivity index (χ0v) is 10.5. The van der Waals surface area contributed by atoms with Crippen molar-refractivity contribution in [2.24, 2.45) is 0 Å². The lowest BCUT2D eigenvalue weighted by Crippen LogP contribution is -2.07. The first-order valence-corrected chi connectivity index (χ1v) is 5.77. The number of ether oxygens (including phenoxy) is 2. The highest BCUT2D eigenvalue weighted by Gasteiger charge is 2.14. The van der Waals surface area contributed by atoms with Crippen molar-refractivity contribution in [3.05, 3.63) is 59.7 Å². The molecule has 0 radical (unpaired) electrons. The maximum Gasteiger partial charge on any atom is 0.196 e. The molecule has 2 aromatic rings.